The normalized spacial score (nSPS) is 11.7. The van der Waals surface area contributed by atoms with E-state index in [1.54, 1.807) is 12.1 Å². The summed E-state index contributed by atoms with van der Waals surface area (Å²) in [6, 6.07) is 13.9. The number of hydrogen-bond acceptors (Lipinski definition) is 1. The molecule has 0 aliphatic carbocycles. The summed E-state index contributed by atoms with van der Waals surface area (Å²) in [6.45, 7) is 4.29. The molecule has 2 aromatic rings. The molecule has 0 saturated heterocycles. The van der Waals surface area contributed by atoms with Gasteiger partial charge in [-0.2, -0.15) is 0 Å². The molecule has 0 aliphatic rings. The first-order chi connectivity index (χ1) is 9.83. The maximum Gasteiger partial charge on any atom is 0.573 e. The zero-order chi connectivity index (χ0) is 15.5. The van der Waals surface area contributed by atoms with Crippen molar-refractivity contribution in [2.75, 3.05) is 0 Å². The lowest BCUT2D eigenvalue weighted by Gasteiger charge is -2.11. The lowest BCUT2D eigenvalue weighted by molar-refractivity contribution is -0.274. The SMILES string of the molecule is CC(C)Cc1ccc(-c2cccc(OC(F)(F)F)c2)cc1. The Kier molecular flexibility index (Phi) is 4.56. The van der Waals surface area contributed by atoms with Gasteiger partial charge in [0.25, 0.3) is 0 Å². The third kappa shape index (κ3) is 4.81. The van der Waals surface area contributed by atoms with E-state index in [4.69, 9.17) is 0 Å². The summed E-state index contributed by atoms with van der Waals surface area (Å²) >= 11 is 0. The van der Waals surface area contributed by atoms with Gasteiger partial charge >= 0.3 is 6.36 Å². The Labute approximate surface area is 122 Å². The predicted molar refractivity (Wildman–Crippen MR) is 77.1 cm³/mol. The molecular weight excluding hydrogens is 277 g/mol. The van der Waals surface area contributed by atoms with Crippen molar-refractivity contribution in [1.82, 2.24) is 0 Å². The maximum atomic E-state index is 12.2. The highest BCUT2D eigenvalue weighted by Gasteiger charge is 2.31. The molecule has 0 aliphatic heterocycles. The minimum atomic E-state index is -4.67. The van der Waals surface area contributed by atoms with Gasteiger partial charge in [0, 0.05) is 0 Å². The maximum absolute atomic E-state index is 12.2. The van der Waals surface area contributed by atoms with Gasteiger partial charge in [-0.05, 0) is 41.2 Å². The molecule has 0 heterocycles. The Bertz CT molecular complexity index is 586. The van der Waals surface area contributed by atoms with Crippen LogP contribution in [-0.4, -0.2) is 6.36 Å². The van der Waals surface area contributed by atoms with Crippen molar-refractivity contribution >= 4 is 0 Å². The van der Waals surface area contributed by atoms with Crippen LogP contribution >= 0.6 is 0 Å². The van der Waals surface area contributed by atoms with Crippen molar-refractivity contribution in [2.45, 2.75) is 26.6 Å². The van der Waals surface area contributed by atoms with E-state index in [2.05, 4.69) is 18.6 Å². The van der Waals surface area contributed by atoms with Crippen LogP contribution in [0.3, 0.4) is 0 Å². The average molecular weight is 294 g/mol. The Balaban J connectivity index is 2.20. The van der Waals surface area contributed by atoms with Gasteiger partial charge in [-0.3, -0.25) is 0 Å². The topological polar surface area (TPSA) is 9.23 Å². The fraction of sp³-hybridized carbons (Fsp3) is 0.294. The van der Waals surface area contributed by atoms with Crippen molar-refractivity contribution in [1.29, 1.82) is 0 Å². The summed E-state index contributed by atoms with van der Waals surface area (Å²) in [5.41, 5.74) is 2.79. The number of rotatable bonds is 4. The molecule has 0 amide bonds. The molecule has 0 fully saturated rings. The van der Waals surface area contributed by atoms with Gasteiger partial charge in [0.15, 0.2) is 0 Å². The summed E-state index contributed by atoms with van der Waals surface area (Å²) < 4.78 is 40.6. The Hall–Kier alpha value is -1.97. The van der Waals surface area contributed by atoms with Gasteiger partial charge in [-0.25, -0.2) is 0 Å². The molecule has 0 spiro atoms. The van der Waals surface area contributed by atoms with Crippen LogP contribution in [0.4, 0.5) is 13.2 Å². The first-order valence-electron chi connectivity index (χ1n) is 6.78. The lowest BCUT2D eigenvalue weighted by atomic mass is 9.99. The van der Waals surface area contributed by atoms with Crippen LogP contribution in [0.15, 0.2) is 48.5 Å². The number of benzene rings is 2. The molecule has 1 nitrogen and oxygen atoms in total. The van der Waals surface area contributed by atoms with Crippen molar-refractivity contribution in [3.8, 4) is 16.9 Å². The molecule has 4 heteroatoms. The van der Waals surface area contributed by atoms with E-state index >= 15 is 0 Å². The third-order valence-electron chi connectivity index (χ3n) is 3.00. The van der Waals surface area contributed by atoms with Crippen molar-refractivity contribution in [2.24, 2.45) is 5.92 Å². The number of halogens is 3. The zero-order valence-electron chi connectivity index (χ0n) is 11.9. The number of alkyl halides is 3. The van der Waals surface area contributed by atoms with Crippen LogP contribution < -0.4 is 4.74 Å². The molecule has 2 rings (SSSR count). The van der Waals surface area contributed by atoms with E-state index in [-0.39, 0.29) is 5.75 Å². The van der Waals surface area contributed by atoms with Crippen molar-refractivity contribution in [3.63, 3.8) is 0 Å². The summed E-state index contributed by atoms with van der Waals surface area (Å²) in [4.78, 5) is 0. The van der Waals surface area contributed by atoms with Gasteiger partial charge in [0.1, 0.15) is 5.75 Å². The fourth-order valence-electron chi connectivity index (χ4n) is 2.18. The monoisotopic (exact) mass is 294 g/mol. The van der Waals surface area contributed by atoms with Gasteiger partial charge < -0.3 is 4.74 Å². The molecule has 0 unspecified atom stereocenters. The second kappa shape index (κ2) is 6.20. The second-order valence-corrected chi connectivity index (χ2v) is 5.37. The standard InChI is InChI=1S/C17H17F3O/c1-12(2)10-13-6-8-14(9-7-13)15-4-3-5-16(11-15)21-17(18,19)20/h3-9,11-12H,10H2,1-2H3. The highest BCUT2D eigenvalue weighted by Crippen LogP contribution is 2.28. The third-order valence-corrected chi connectivity index (χ3v) is 3.00. The number of ether oxygens (including phenoxy) is 1. The summed E-state index contributed by atoms with van der Waals surface area (Å²) in [7, 11) is 0. The highest BCUT2D eigenvalue weighted by atomic mass is 19.4. The molecule has 0 saturated carbocycles. The summed E-state index contributed by atoms with van der Waals surface area (Å²) in [5.74, 6) is 0.366. The van der Waals surface area contributed by atoms with Crippen LogP contribution in [0.2, 0.25) is 0 Å². The Morgan fingerprint density at radius 1 is 0.952 bits per heavy atom. The van der Waals surface area contributed by atoms with Crippen LogP contribution in [0.25, 0.3) is 11.1 Å². The summed E-state index contributed by atoms with van der Waals surface area (Å²) in [5, 5.41) is 0. The smallest absolute Gasteiger partial charge is 0.406 e. The molecule has 2 aromatic carbocycles. The zero-order valence-corrected chi connectivity index (χ0v) is 11.9. The van der Waals surface area contributed by atoms with Crippen LogP contribution in [-0.2, 0) is 6.42 Å². The molecule has 0 radical (unpaired) electrons. The molecular formula is C17H17F3O. The van der Waals surface area contributed by atoms with E-state index in [9.17, 15) is 13.2 Å². The lowest BCUT2D eigenvalue weighted by Crippen LogP contribution is -2.17. The van der Waals surface area contributed by atoms with Crippen molar-refractivity contribution < 1.29 is 17.9 Å². The second-order valence-electron chi connectivity index (χ2n) is 5.37. The van der Waals surface area contributed by atoms with Crippen LogP contribution in [0, 0.1) is 5.92 Å². The molecule has 0 atom stereocenters. The largest absolute Gasteiger partial charge is 0.573 e. The Morgan fingerprint density at radius 2 is 1.62 bits per heavy atom. The molecule has 0 N–H and O–H groups in total. The van der Waals surface area contributed by atoms with Gasteiger partial charge in [0.2, 0.25) is 0 Å². The molecule has 21 heavy (non-hydrogen) atoms. The van der Waals surface area contributed by atoms with Crippen LogP contribution in [0.5, 0.6) is 5.75 Å². The van der Waals surface area contributed by atoms with Crippen LogP contribution in [0.1, 0.15) is 19.4 Å². The van der Waals surface area contributed by atoms with E-state index < -0.39 is 6.36 Å². The highest BCUT2D eigenvalue weighted by molar-refractivity contribution is 5.65. The first kappa shape index (κ1) is 15.4. The average Bonchev–Trinajstić information content (AvgIpc) is 2.37. The summed E-state index contributed by atoms with van der Waals surface area (Å²) in [6.07, 6.45) is -3.68. The van der Waals surface area contributed by atoms with Crippen molar-refractivity contribution in [3.05, 3.63) is 54.1 Å². The van der Waals surface area contributed by atoms with E-state index in [0.717, 1.165) is 12.0 Å². The molecule has 0 bridgehead atoms. The van der Waals surface area contributed by atoms with E-state index in [0.29, 0.717) is 11.5 Å². The number of hydrogen-bond donors (Lipinski definition) is 0. The predicted octanol–water partition coefficient (Wildman–Crippen LogP) is 5.45. The minimum Gasteiger partial charge on any atom is -0.406 e. The molecule has 112 valence electrons. The quantitative estimate of drug-likeness (QED) is 0.728. The van der Waals surface area contributed by atoms with Gasteiger partial charge in [0.05, 0.1) is 0 Å². The van der Waals surface area contributed by atoms with E-state index in [1.165, 1.54) is 17.7 Å². The van der Waals surface area contributed by atoms with E-state index in [1.807, 2.05) is 24.3 Å². The first-order valence-corrected chi connectivity index (χ1v) is 6.78. The minimum absolute atomic E-state index is 0.203. The van der Waals surface area contributed by atoms with Gasteiger partial charge in [-0.15, -0.1) is 13.2 Å². The fourth-order valence-corrected chi connectivity index (χ4v) is 2.18. The van der Waals surface area contributed by atoms with Gasteiger partial charge in [-0.1, -0.05) is 50.2 Å². The molecule has 0 aromatic heterocycles. The Morgan fingerprint density at radius 3 is 2.19 bits per heavy atom.